The average Bonchev–Trinajstić information content (AvgIpc) is 2.93. The van der Waals surface area contributed by atoms with Gasteiger partial charge in [0.15, 0.2) is 0 Å². The van der Waals surface area contributed by atoms with Crippen molar-refractivity contribution in [3.05, 3.63) is 35.9 Å². The number of carbonyl (C=O) groups is 2. The van der Waals surface area contributed by atoms with Crippen LogP contribution in [0.5, 0.6) is 0 Å². The predicted molar refractivity (Wildman–Crippen MR) is 83.5 cm³/mol. The van der Waals surface area contributed by atoms with Gasteiger partial charge in [0.2, 0.25) is 0 Å². The second-order valence-electron chi connectivity index (χ2n) is 6.40. The van der Waals surface area contributed by atoms with Crippen LogP contribution in [0.2, 0.25) is 0 Å². The van der Waals surface area contributed by atoms with Crippen molar-refractivity contribution in [2.45, 2.75) is 56.5 Å². The van der Waals surface area contributed by atoms with Gasteiger partial charge < -0.3 is 9.64 Å². The summed E-state index contributed by atoms with van der Waals surface area (Å²) in [7, 11) is 1.40. The lowest BCUT2D eigenvalue weighted by Crippen LogP contribution is -2.54. The normalized spacial score (nSPS) is 23.5. The summed E-state index contributed by atoms with van der Waals surface area (Å²) < 4.78 is 4.95. The molecule has 1 aromatic rings. The van der Waals surface area contributed by atoms with Crippen LogP contribution in [0.1, 0.15) is 55.3 Å². The number of hydrogen-bond acceptors (Lipinski definition) is 3. The summed E-state index contributed by atoms with van der Waals surface area (Å²) in [6, 6.07) is 8.84. The third-order valence-corrected chi connectivity index (χ3v) is 5.20. The Morgan fingerprint density at radius 3 is 2.41 bits per heavy atom. The van der Waals surface area contributed by atoms with Gasteiger partial charge in [-0.05, 0) is 37.8 Å². The lowest BCUT2D eigenvalue weighted by molar-refractivity contribution is -0.146. The van der Waals surface area contributed by atoms with E-state index in [4.69, 9.17) is 4.74 Å². The molecular weight excluding hydrogens is 278 g/mol. The van der Waals surface area contributed by atoms with Crippen LogP contribution in [0.15, 0.2) is 30.3 Å². The number of likely N-dealkylation sites (tertiary alicyclic amines) is 1. The van der Waals surface area contributed by atoms with Crippen LogP contribution >= 0.6 is 0 Å². The molecular formula is C18H23NO3. The van der Waals surface area contributed by atoms with E-state index in [0.717, 1.165) is 32.1 Å². The molecule has 2 aliphatic rings. The van der Waals surface area contributed by atoms with Crippen LogP contribution in [-0.2, 0) is 9.53 Å². The summed E-state index contributed by atoms with van der Waals surface area (Å²) in [6.07, 6.45) is 7.10. The lowest BCUT2D eigenvalue weighted by Gasteiger charge is -2.43. The van der Waals surface area contributed by atoms with Gasteiger partial charge in [0, 0.05) is 11.1 Å². The Labute approximate surface area is 131 Å². The van der Waals surface area contributed by atoms with Crippen LogP contribution < -0.4 is 0 Å². The zero-order chi connectivity index (χ0) is 15.6. The number of esters is 1. The number of carbonyl (C=O) groups excluding carboxylic acids is 2. The fourth-order valence-corrected chi connectivity index (χ4v) is 4.12. The Bertz CT molecular complexity index is 549. The van der Waals surface area contributed by atoms with Crippen molar-refractivity contribution in [1.29, 1.82) is 0 Å². The highest BCUT2D eigenvalue weighted by atomic mass is 16.5. The van der Waals surface area contributed by atoms with Gasteiger partial charge in [0.05, 0.1) is 7.11 Å². The monoisotopic (exact) mass is 301 g/mol. The average molecular weight is 301 g/mol. The van der Waals surface area contributed by atoms with Crippen LogP contribution in [0.25, 0.3) is 0 Å². The van der Waals surface area contributed by atoms with Crippen molar-refractivity contribution >= 4 is 11.9 Å². The van der Waals surface area contributed by atoms with Crippen molar-refractivity contribution in [1.82, 2.24) is 4.90 Å². The number of ether oxygens (including phenoxy) is 1. The molecule has 1 aliphatic heterocycles. The molecule has 4 heteroatoms. The Morgan fingerprint density at radius 2 is 1.77 bits per heavy atom. The maximum atomic E-state index is 13.1. The minimum absolute atomic E-state index is 0.0320. The van der Waals surface area contributed by atoms with Crippen LogP contribution in [0.4, 0.5) is 0 Å². The zero-order valence-corrected chi connectivity index (χ0v) is 13.1. The summed E-state index contributed by atoms with van der Waals surface area (Å²) in [5, 5.41) is 0. The fraction of sp³-hybridized carbons (Fsp3) is 0.556. The molecule has 2 fully saturated rings. The highest BCUT2D eigenvalue weighted by Crippen LogP contribution is 2.45. The first-order valence-electron chi connectivity index (χ1n) is 8.14. The molecule has 1 amide bonds. The molecule has 118 valence electrons. The van der Waals surface area contributed by atoms with E-state index in [1.54, 1.807) is 0 Å². The van der Waals surface area contributed by atoms with Gasteiger partial charge in [-0.1, -0.05) is 37.5 Å². The minimum atomic E-state index is -0.434. The van der Waals surface area contributed by atoms with Crippen molar-refractivity contribution in [2.24, 2.45) is 0 Å². The zero-order valence-electron chi connectivity index (χ0n) is 13.1. The second kappa shape index (κ2) is 6.11. The summed E-state index contributed by atoms with van der Waals surface area (Å²) in [5.41, 5.74) is 0.507. The standard InChI is InChI=1S/C18H23NO3/c1-22-17(21)15-10-13-18(11-6-3-7-12-18)19(15)16(20)14-8-4-2-5-9-14/h2,4-5,8-9,15H,3,6-7,10-13H2,1H3/t15-/m0/s1. The van der Waals surface area contributed by atoms with E-state index in [-0.39, 0.29) is 17.4 Å². The van der Waals surface area contributed by atoms with Crippen LogP contribution in [0, 0.1) is 0 Å². The Morgan fingerprint density at radius 1 is 1.09 bits per heavy atom. The first-order valence-corrected chi connectivity index (χ1v) is 8.14. The number of amides is 1. The molecule has 1 aliphatic carbocycles. The third kappa shape index (κ3) is 2.51. The molecule has 1 aromatic carbocycles. The van der Waals surface area contributed by atoms with Gasteiger partial charge in [-0.15, -0.1) is 0 Å². The predicted octanol–water partition coefficient (Wildman–Crippen LogP) is 3.17. The van der Waals surface area contributed by atoms with E-state index < -0.39 is 6.04 Å². The number of rotatable bonds is 2. The first kappa shape index (κ1) is 15.1. The number of methoxy groups -OCH3 is 1. The van der Waals surface area contributed by atoms with Gasteiger partial charge in [-0.2, -0.15) is 0 Å². The Kier molecular flexibility index (Phi) is 4.19. The molecule has 1 spiro atoms. The van der Waals surface area contributed by atoms with Gasteiger partial charge in [-0.3, -0.25) is 4.79 Å². The fourth-order valence-electron chi connectivity index (χ4n) is 4.12. The number of benzene rings is 1. The maximum Gasteiger partial charge on any atom is 0.328 e. The SMILES string of the molecule is COC(=O)[C@@H]1CCC2(CCCCC2)N1C(=O)c1ccccc1. The molecule has 1 saturated carbocycles. The quantitative estimate of drug-likeness (QED) is 0.788. The van der Waals surface area contributed by atoms with E-state index in [1.165, 1.54) is 13.5 Å². The van der Waals surface area contributed by atoms with Crippen molar-refractivity contribution < 1.29 is 14.3 Å². The number of nitrogens with zero attached hydrogens (tertiary/aromatic N) is 1. The lowest BCUT2D eigenvalue weighted by atomic mass is 9.79. The highest BCUT2D eigenvalue weighted by molar-refractivity contribution is 5.97. The van der Waals surface area contributed by atoms with E-state index in [0.29, 0.717) is 12.0 Å². The molecule has 1 heterocycles. The van der Waals surface area contributed by atoms with Crippen molar-refractivity contribution in [3.8, 4) is 0 Å². The van der Waals surface area contributed by atoms with E-state index in [9.17, 15) is 9.59 Å². The van der Waals surface area contributed by atoms with E-state index in [1.807, 2.05) is 35.2 Å². The van der Waals surface area contributed by atoms with Crippen molar-refractivity contribution in [3.63, 3.8) is 0 Å². The Balaban J connectivity index is 1.96. The first-order chi connectivity index (χ1) is 10.7. The van der Waals surface area contributed by atoms with E-state index >= 15 is 0 Å². The smallest absolute Gasteiger partial charge is 0.328 e. The van der Waals surface area contributed by atoms with Gasteiger partial charge in [-0.25, -0.2) is 4.79 Å². The molecule has 0 radical (unpaired) electrons. The van der Waals surface area contributed by atoms with E-state index in [2.05, 4.69) is 0 Å². The summed E-state index contributed by atoms with van der Waals surface area (Å²) in [4.78, 5) is 27.1. The largest absolute Gasteiger partial charge is 0.467 e. The topological polar surface area (TPSA) is 46.6 Å². The molecule has 1 saturated heterocycles. The molecule has 0 aromatic heterocycles. The molecule has 4 nitrogen and oxygen atoms in total. The molecule has 0 bridgehead atoms. The molecule has 3 rings (SSSR count). The van der Waals surface area contributed by atoms with Crippen LogP contribution in [0.3, 0.4) is 0 Å². The van der Waals surface area contributed by atoms with Gasteiger partial charge >= 0.3 is 5.97 Å². The highest BCUT2D eigenvalue weighted by Gasteiger charge is 2.51. The second-order valence-corrected chi connectivity index (χ2v) is 6.40. The molecule has 1 atom stereocenters. The summed E-state index contributed by atoms with van der Waals surface area (Å²) in [6.45, 7) is 0. The summed E-state index contributed by atoms with van der Waals surface area (Å²) >= 11 is 0. The van der Waals surface area contributed by atoms with Crippen LogP contribution in [-0.4, -0.2) is 35.5 Å². The molecule has 22 heavy (non-hydrogen) atoms. The third-order valence-electron chi connectivity index (χ3n) is 5.20. The van der Waals surface area contributed by atoms with Gasteiger partial charge in [0.25, 0.3) is 5.91 Å². The minimum Gasteiger partial charge on any atom is -0.467 e. The maximum absolute atomic E-state index is 13.1. The summed E-state index contributed by atoms with van der Waals surface area (Å²) in [5.74, 6) is -0.317. The molecule has 0 unspecified atom stereocenters. The van der Waals surface area contributed by atoms with Gasteiger partial charge in [0.1, 0.15) is 6.04 Å². The van der Waals surface area contributed by atoms with Crippen molar-refractivity contribution in [2.75, 3.05) is 7.11 Å². The molecule has 0 N–H and O–H groups in total. The Hall–Kier alpha value is -1.84. The number of hydrogen-bond donors (Lipinski definition) is 0.